The molecule has 1 amide bonds. The van der Waals surface area contributed by atoms with Gasteiger partial charge in [-0.2, -0.15) is 0 Å². The molecular weight excluding hydrogens is 507 g/mol. The number of hydrogen-bond donors (Lipinski definition) is 3. The van der Waals surface area contributed by atoms with Crippen molar-refractivity contribution in [3.8, 4) is 5.75 Å². The van der Waals surface area contributed by atoms with Gasteiger partial charge in [0, 0.05) is 37.3 Å². The molecule has 0 unspecified atom stereocenters. The molecule has 7 nitrogen and oxygen atoms in total. The minimum atomic E-state index is -0.266. The van der Waals surface area contributed by atoms with Crippen LogP contribution in [0.3, 0.4) is 0 Å². The highest BCUT2D eigenvalue weighted by Gasteiger charge is 2.34. The van der Waals surface area contributed by atoms with Gasteiger partial charge in [0.2, 0.25) is 5.91 Å². The van der Waals surface area contributed by atoms with Crippen molar-refractivity contribution in [2.24, 2.45) is 4.99 Å². The van der Waals surface area contributed by atoms with Crippen LogP contribution in [0.15, 0.2) is 29.3 Å². The molecule has 31 heavy (non-hydrogen) atoms. The summed E-state index contributed by atoms with van der Waals surface area (Å²) >= 11 is 0. The normalized spacial score (nSPS) is 16.1. The van der Waals surface area contributed by atoms with Crippen LogP contribution in [0.25, 0.3) is 0 Å². The van der Waals surface area contributed by atoms with E-state index in [1.54, 1.807) is 0 Å². The van der Waals surface area contributed by atoms with Gasteiger partial charge < -0.3 is 25.4 Å². The van der Waals surface area contributed by atoms with E-state index in [0.29, 0.717) is 12.6 Å². The lowest BCUT2D eigenvalue weighted by atomic mass is 9.74. The maximum absolute atomic E-state index is 12.1. The number of amides is 1. The summed E-state index contributed by atoms with van der Waals surface area (Å²) in [5.41, 5.74) is 0.952. The molecule has 3 N–H and O–H groups in total. The van der Waals surface area contributed by atoms with E-state index in [0.717, 1.165) is 44.9 Å². The standard InChI is InChI=1S/C23H38N4O3.HI/c1-6-24-21(25-16-20(28)27-22(3,4)5)26-17-23(12-14-29-15-13-23)18-8-10-19(11-9-18)30-7-2;/h8-11H,6-7,12-17H2,1-5H3,(H,27,28)(H2,24,25,26);1H. The number of rotatable bonds is 8. The van der Waals surface area contributed by atoms with E-state index in [4.69, 9.17) is 9.47 Å². The fourth-order valence-corrected chi connectivity index (χ4v) is 3.60. The molecule has 1 saturated heterocycles. The van der Waals surface area contributed by atoms with Crippen molar-refractivity contribution < 1.29 is 14.3 Å². The van der Waals surface area contributed by atoms with Crippen LogP contribution in [0.4, 0.5) is 0 Å². The van der Waals surface area contributed by atoms with Crippen molar-refractivity contribution in [1.29, 1.82) is 0 Å². The Morgan fingerprint density at radius 1 is 1.13 bits per heavy atom. The number of carbonyl (C=O) groups is 1. The van der Waals surface area contributed by atoms with Crippen molar-refractivity contribution in [2.45, 2.75) is 58.4 Å². The number of halogens is 1. The summed E-state index contributed by atoms with van der Waals surface area (Å²) in [7, 11) is 0. The van der Waals surface area contributed by atoms with Crippen LogP contribution < -0.4 is 20.7 Å². The fourth-order valence-electron chi connectivity index (χ4n) is 3.60. The van der Waals surface area contributed by atoms with E-state index in [1.165, 1.54) is 5.56 Å². The quantitative estimate of drug-likeness (QED) is 0.265. The topological polar surface area (TPSA) is 84.0 Å². The average molecular weight is 546 g/mol. The number of guanidine groups is 1. The number of nitrogens with one attached hydrogen (secondary N) is 3. The minimum absolute atomic E-state index is 0. The Morgan fingerprint density at radius 2 is 1.77 bits per heavy atom. The van der Waals surface area contributed by atoms with Gasteiger partial charge in [0.1, 0.15) is 12.3 Å². The summed E-state index contributed by atoms with van der Waals surface area (Å²) in [4.78, 5) is 16.6. The molecular formula is C23H39IN4O3. The third kappa shape index (κ3) is 9.22. The second-order valence-corrected chi connectivity index (χ2v) is 8.70. The largest absolute Gasteiger partial charge is 0.494 e. The van der Waals surface area contributed by atoms with E-state index in [-0.39, 0.29) is 47.4 Å². The molecule has 0 aromatic heterocycles. The predicted octanol–water partition coefficient (Wildman–Crippen LogP) is 3.22. The first-order valence-corrected chi connectivity index (χ1v) is 10.9. The van der Waals surface area contributed by atoms with Crippen LogP contribution in [-0.2, 0) is 14.9 Å². The highest BCUT2D eigenvalue weighted by molar-refractivity contribution is 14.0. The van der Waals surface area contributed by atoms with Crippen molar-refractivity contribution in [3.05, 3.63) is 29.8 Å². The fraction of sp³-hybridized carbons (Fsp3) is 0.652. The third-order valence-electron chi connectivity index (χ3n) is 5.06. The molecule has 1 aromatic rings. The van der Waals surface area contributed by atoms with E-state index < -0.39 is 0 Å². The van der Waals surface area contributed by atoms with E-state index in [9.17, 15) is 4.79 Å². The summed E-state index contributed by atoms with van der Waals surface area (Å²) in [5, 5.41) is 9.64. The maximum atomic E-state index is 12.1. The third-order valence-corrected chi connectivity index (χ3v) is 5.06. The summed E-state index contributed by atoms with van der Waals surface area (Å²) in [6.45, 7) is 13.6. The Kier molecular flexibility index (Phi) is 11.6. The van der Waals surface area contributed by atoms with Gasteiger partial charge in [-0.1, -0.05) is 12.1 Å². The molecule has 1 aliphatic rings. The predicted molar refractivity (Wildman–Crippen MR) is 137 cm³/mol. The number of carbonyl (C=O) groups excluding carboxylic acids is 1. The Hall–Kier alpha value is -1.55. The number of benzene rings is 1. The van der Waals surface area contributed by atoms with Crippen molar-refractivity contribution in [3.63, 3.8) is 0 Å². The first kappa shape index (κ1) is 27.5. The second kappa shape index (κ2) is 13.1. The van der Waals surface area contributed by atoms with E-state index in [1.807, 2.05) is 46.8 Å². The molecule has 2 rings (SSSR count). The lowest BCUT2D eigenvalue weighted by Crippen LogP contribution is -2.48. The van der Waals surface area contributed by atoms with E-state index in [2.05, 4.69) is 33.1 Å². The molecule has 0 atom stereocenters. The highest BCUT2D eigenvalue weighted by Crippen LogP contribution is 2.35. The smallest absolute Gasteiger partial charge is 0.242 e. The Bertz CT molecular complexity index is 696. The monoisotopic (exact) mass is 546 g/mol. The lowest BCUT2D eigenvalue weighted by Gasteiger charge is -2.38. The van der Waals surface area contributed by atoms with Gasteiger partial charge in [0.25, 0.3) is 0 Å². The maximum Gasteiger partial charge on any atom is 0.242 e. The van der Waals surface area contributed by atoms with Gasteiger partial charge in [-0.05, 0) is 65.2 Å². The molecule has 0 spiro atoms. The molecule has 0 radical (unpaired) electrons. The van der Waals surface area contributed by atoms with Crippen molar-refractivity contribution in [1.82, 2.24) is 16.0 Å². The zero-order chi connectivity index (χ0) is 22.0. The van der Waals surface area contributed by atoms with Gasteiger partial charge in [-0.25, -0.2) is 4.99 Å². The van der Waals surface area contributed by atoms with Crippen LogP contribution in [0, 0.1) is 0 Å². The molecule has 1 aliphatic heterocycles. The lowest BCUT2D eigenvalue weighted by molar-refractivity contribution is -0.121. The molecule has 0 bridgehead atoms. The molecule has 0 aliphatic carbocycles. The van der Waals surface area contributed by atoms with Crippen molar-refractivity contribution in [2.75, 3.05) is 39.5 Å². The van der Waals surface area contributed by atoms with Gasteiger partial charge >= 0.3 is 0 Å². The van der Waals surface area contributed by atoms with Crippen LogP contribution in [0.2, 0.25) is 0 Å². The zero-order valence-electron chi connectivity index (χ0n) is 19.5. The molecule has 0 saturated carbocycles. The van der Waals surface area contributed by atoms with Crippen LogP contribution in [0.5, 0.6) is 5.75 Å². The first-order valence-electron chi connectivity index (χ1n) is 10.9. The average Bonchev–Trinajstić information content (AvgIpc) is 2.70. The number of aliphatic imine (C=N–C) groups is 1. The summed E-state index contributed by atoms with van der Waals surface area (Å²) < 4.78 is 11.2. The van der Waals surface area contributed by atoms with Gasteiger partial charge in [0.05, 0.1) is 6.61 Å². The van der Waals surface area contributed by atoms with Crippen LogP contribution >= 0.6 is 24.0 Å². The molecule has 176 valence electrons. The number of nitrogens with zero attached hydrogens (tertiary/aromatic N) is 1. The molecule has 8 heteroatoms. The highest BCUT2D eigenvalue weighted by atomic mass is 127. The Morgan fingerprint density at radius 3 is 2.32 bits per heavy atom. The minimum Gasteiger partial charge on any atom is -0.494 e. The van der Waals surface area contributed by atoms with Gasteiger partial charge in [-0.3, -0.25) is 4.79 Å². The zero-order valence-corrected chi connectivity index (χ0v) is 21.9. The Labute approximate surface area is 204 Å². The number of ether oxygens (including phenoxy) is 2. The second-order valence-electron chi connectivity index (χ2n) is 8.70. The SMILES string of the molecule is CCNC(=NCC(=O)NC(C)(C)C)NCC1(c2ccc(OCC)cc2)CCOCC1.I. The molecule has 1 heterocycles. The number of hydrogen-bond acceptors (Lipinski definition) is 4. The first-order chi connectivity index (χ1) is 14.3. The van der Waals surface area contributed by atoms with Crippen LogP contribution in [0.1, 0.15) is 53.0 Å². The van der Waals surface area contributed by atoms with Gasteiger partial charge in [0.15, 0.2) is 5.96 Å². The summed E-state index contributed by atoms with van der Waals surface area (Å²) in [6.07, 6.45) is 1.86. The van der Waals surface area contributed by atoms with Gasteiger partial charge in [-0.15, -0.1) is 24.0 Å². The van der Waals surface area contributed by atoms with Crippen LogP contribution in [-0.4, -0.2) is 56.9 Å². The molecule has 1 aromatic carbocycles. The Balaban J connectivity index is 0.00000480. The van der Waals surface area contributed by atoms with E-state index >= 15 is 0 Å². The summed E-state index contributed by atoms with van der Waals surface area (Å²) in [6, 6.07) is 8.37. The van der Waals surface area contributed by atoms with Crippen molar-refractivity contribution >= 4 is 35.8 Å². The summed E-state index contributed by atoms with van der Waals surface area (Å²) in [5.74, 6) is 1.45. The molecule has 1 fully saturated rings.